The molecule has 0 bridgehead atoms. The molecule has 0 heterocycles. The van der Waals surface area contributed by atoms with Crippen molar-refractivity contribution in [1.82, 2.24) is 0 Å². The summed E-state index contributed by atoms with van der Waals surface area (Å²) < 4.78 is 10.6. The third kappa shape index (κ3) is 6.45. The zero-order valence-electron chi connectivity index (χ0n) is 18.2. The highest BCUT2D eigenvalue weighted by molar-refractivity contribution is 5.91. The summed E-state index contributed by atoms with van der Waals surface area (Å²) in [7, 11) is 0. The Labute approximate surface area is 188 Å². The fraction of sp³-hybridized carbons (Fsp3) is 0.143. The van der Waals surface area contributed by atoms with E-state index in [9.17, 15) is 9.59 Å². The second kappa shape index (κ2) is 10.8. The Bertz CT molecular complexity index is 1160. The van der Waals surface area contributed by atoms with Crippen LogP contribution in [0.1, 0.15) is 47.3 Å². The van der Waals surface area contributed by atoms with Crippen LogP contribution in [0, 0.1) is 11.8 Å². The van der Waals surface area contributed by atoms with Gasteiger partial charge in [0.1, 0.15) is 11.5 Å². The summed E-state index contributed by atoms with van der Waals surface area (Å²) in [5.74, 6) is 6.18. The zero-order chi connectivity index (χ0) is 22.9. The summed E-state index contributed by atoms with van der Waals surface area (Å²) in [5.41, 5.74) is 3.55. The quantitative estimate of drug-likeness (QED) is 0.219. The van der Waals surface area contributed by atoms with Crippen LogP contribution in [0.2, 0.25) is 0 Å². The lowest BCUT2D eigenvalue weighted by Gasteiger charge is -2.05. The Kier molecular flexibility index (Phi) is 7.61. The molecule has 0 N–H and O–H groups in total. The highest BCUT2D eigenvalue weighted by Crippen LogP contribution is 2.16. The Morgan fingerprint density at radius 3 is 1.81 bits per heavy atom. The average Bonchev–Trinajstić information content (AvgIpc) is 2.80. The first-order valence-corrected chi connectivity index (χ1v) is 10.4. The average molecular weight is 424 g/mol. The van der Waals surface area contributed by atoms with Crippen LogP contribution in [-0.4, -0.2) is 11.9 Å². The summed E-state index contributed by atoms with van der Waals surface area (Å²) in [6, 6.07) is 21.4. The minimum atomic E-state index is -0.462. The maximum absolute atomic E-state index is 12.4. The second-order valence-corrected chi connectivity index (χ2v) is 7.31. The Balaban J connectivity index is 1.60. The Morgan fingerprint density at radius 1 is 0.781 bits per heavy atom. The molecule has 4 heteroatoms. The van der Waals surface area contributed by atoms with Crippen molar-refractivity contribution in [1.29, 1.82) is 0 Å². The number of carbonyl (C=O) groups excluding carboxylic acids is 2. The molecule has 0 aliphatic rings. The van der Waals surface area contributed by atoms with Crippen LogP contribution in [0.15, 0.2) is 84.9 Å². The molecule has 0 aliphatic heterocycles. The van der Waals surface area contributed by atoms with Gasteiger partial charge in [0.2, 0.25) is 0 Å². The minimum absolute atomic E-state index is 0.339. The van der Waals surface area contributed by atoms with Gasteiger partial charge in [-0.2, -0.15) is 0 Å². The third-order valence-electron chi connectivity index (χ3n) is 4.56. The van der Waals surface area contributed by atoms with Crippen LogP contribution < -0.4 is 9.47 Å². The topological polar surface area (TPSA) is 52.6 Å². The molecular formula is C28H24O4. The molecule has 0 saturated carbocycles. The van der Waals surface area contributed by atoms with Gasteiger partial charge < -0.3 is 9.47 Å². The second-order valence-electron chi connectivity index (χ2n) is 7.31. The molecule has 3 aromatic rings. The van der Waals surface area contributed by atoms with E-state index in [1.165, 1.54) is 5.56 Å². The third-order valence-corrected chi connectivity index (χ3v) is 4.56. The molecule has 0 aromatic heterocycles. The SMILES string of the molecule is C=C(C)C(=O)Oc1ccc(C#Cc2ccc(C(=O)Oc3ccc(CCC)cc3)cc2)cc1. The first-order valence-electron chi connectivity index (χ1n) is 10.4. The van der Waals surface area contributed by atoms with E-state index in [2.05, 4.69) is 25.3 Å². The smallest absolute Gasteiger partial charge is 0.343 e. The van der Waals surface area contributed by atoms with Crippen LogP contribution in [-0.2, 0) is 11.2 Å². The Hall–Kier alpha value is -4.10. The fourth-order valence-corrected chi connectivity index (χ4v) is 2.81. The van der Waals surface area contributed by atoms with E-state index >= 15 is 0 Å². The van der Waals surface area contributed by atoms with Gasteiger partial charge in [-0.1, -0.05) is 43.9 Å². The van der Waals surface area contributed by atoms with Crippen molar-refractivity contribution in [2.24, 2.45) is 0 Å². The summed E-state index contributed by atoms with van der Waals surface area (Å²) >= 11 is 0. The molecule has 0 atom stereocenters. The Morgan fingerprint density at radius 2 is 1.28 bits per heavy atom. The zero-order valence-corrected chi connectivity index (χ0v) is 18.2. The summed E-state index contributed by atoms with van der Waals surface area (Å²) in [5, 5.41) is 0. The molecule has 4 nitrogen and oxygen atoms in total. The summed E-state index contributed by atoms with van der Waals surface area (Å²) in [6.45, 7) is 7.28. The predicted molar refractivity (Wildman–Crippen MR) is 125 cm³/mol. The van der Waals surface area contributed by atoms with Crippen molar-refractivity contribution >= 4 is 11.9 Å². The minimum Gasteiger partial charge on any atom is -0.423 e. The predicted octanol–water partition coefficient (Wildman–Crippen LogP) is 5.74. The summed E-state index contributed by atoms with van der Waals surface area (Å²) in [6.07, 6.45) is 2.08. The number of carbonyl (C=O) groups is 2. The molecule has 0 radical (unpaired) electrons. The molecule has 3 rings (SSSR count). The van der Waals surface area contributed by atoms with Gasteiger partial charge in [0.25, 0.3) is 0 Å². The largest absolute Gasteiger partial charge is 0.423 e. The van der Waals surface area contributed by atoms with Crippen LogP contribution >= 0.6 is 0 Å². The number of ether oxygens (including phenoxy) is 2. The standard InChI is InChI=1S/C28H24O4/c1-4-5-21-10-16-26(17-11-21)32-28(30)24-14-8-22(9-15-24)6-7-23-12-18-25(19-13-23)31-27(29)20(2)3/h8-19H,2,4-5H2,1,3H3. The molecule has 0 unspecified atom stereocenters. The monoisotopic (exact) mass is 424 g/mol. The molecule has 0 amide bonds. The van der Waals surface area contributed by atoms with E-state index in [-0.39, 0.29) is 0 Å². The van der Waals surface area contributed by atoms with Crippen molar-refractivity contribution in [3.63, 3.8) is 0 Å². The molecule has 0 aliphatic carbocycles. The van der Waals surface area contributed by atoms with Gasteiger partial charge in [-0.15, -0.1) is 0 Å². The fourth-order valence-electron chi connectivity index (χ4n) is 2.81. The molecule has 32 heavy (non-hydrogen) atoms. The molecule has 0 spiro atoms. The van der Waals surface area contributed by atoms with Gasteiger partial charge in [-0.3, -0.25) is 0 Å². The summed E-state index contributed by atoms with van der Waals surface area (Å²) in [4.78, 5) is 23.9. The molecule has 160 valence electrons. The first-order chi connectivity index (χ1) is 15.4. The maximum atomic E-state index is 12.4. The van der Waals surface area contributed by atoms with Crippen LogP contribution in [0.3, 0.4) is 0 Å². The molecule has 3 aromatic carbocycles. The van der Waals surface area contributed by atoms with Gasteiger partial charge in [-0.25, -0.2) is 9.59 Å². The van der Waals surface area contributed by atoms with Crippen molar-refractivity contribution in [2.45, 2.75) is 26.7 Å². The van der Waals surface area contributed by atoms with Crippen LogP contribution in [0.4, 0.5) is 0 Å². The van der Waals surface area contributed by atoms with Crippen molar-refractivity contribution in [2.75, 3.05) is 0 Å². The van der Waals surface area contributed by atoms with Crippen LogP contribution in [0.25, 0.3) is 0 Å². The van der Waals surface area contributed by atoms with E-state index in [1.54, 1.807) is 55.5 Å². The van der Waals surface area contributed by atoms with Gasteiger partial charge in [0.15, 0.2) is 0 Å². The number of benzene rings is 3. The maximum Gasteiger partial charge on any atom is 0.343 e. The molecule has 0 fully saturated rings. The number of rotatable bonds is 6. The number of esters is 2. The highest BCUT2D eigenvalue weighted by atomic mass is 16.5. The van der Waals surface area contributed by atoms with Crippen molar-refractivity contribution in [3.8, 4) is 23.3 Å². The van der Waals surface area contributed by atoms with Gasteiger partial charge in [0.05, 0.1) is 5.56 Å². The normalized spacial score (nSPS) is 9.94. The van der Waals surface area contributed by atoms with Crippen molar-refractivity contribution < 1.29 is 19.1 Å². The van der Waals surface area contributed by atoms with Gasteiger partial charge in [0, 0.05) is 16.7 Å². The van der Waals surface area contributed by atoms with E-state index in [0.29, 0.717) is 22.6 Å². The lowest BCUT2D eigenvalue weighted by atomic mass is 10.1. The lowest BCUT2D eigenvalue weighted by Crippen LogP contribution is -2.08. The van der Waals surface area contributed by atoms with Gasteiger partial charge >= 0.3 is 11.9 Å². The van der Waals surface area contributed by atoms with E-state index < -0.39 is 11.9 Å². The van der Waals surface area contributed by atoms with E-state index in [4.69, 9.17) is 9.47 Å². The lowest BCUT2D eigenvalue weighted by molar-refractivity contribution is -0.130. The molecular weight excluding hydrogens is 400 g/mol. The highest BCUT2D eigenvalue weighted by Gasteiger charge is 2.08. The van der Waals surface area contributed by atoms with E-state index in [0.717, 1.165) is 24.0 Å². The van der Waals surface area contributed by atoms with E-state index in [1.807, 2.05) is 24.3 Å². The van der Waals surface area contributed by atoms with Crippen LogP contribution in [0.5, 0.6) is 11.5 Å². The first kappa shape index (κ1) is 22.6. The van der Waals surface area contributed by atoms with Gasteiger partial charge in [-0.05, 0) is 79.6 Å². The number of aryl methyl sites for hydroxylation is 1. The number of hydrogen-bond donors (Lipinski definition) is 0. The molecule has 0 saturated heterocycles. The van der Waals surface area contributed by atoms with Crippen molar-refractivity contribution in [3.05, 3.63) is 107 Å². The number of hydrogen-bond acceptors (Lipinski definition) is 4.